The molecule has 18 heavy (non-hydrogen) atoms. The Hall–Kier alpha value is -1.16. The van der Waals surface area contributed by atoms with Crippen molar-refractivity contribution >= 4 is 41.1 Å². The van der Waals surface area contributed by atoms with Crippen molar-refractivity contribution in [2.24, 2.45) is 0 Å². The second kappa shape index (κ2) is 5.22. The van der Waals surface area contributed by atoms with Crippen LogP contribution in [0.3, 0.4) is 0 Å². The van der Waals surface area contributed by atoms with E-state index in [1.165, 1.54) is 24.3 Å². The summed E-state index contributed by atoms with van der Waals surface area (Å²) >= 11 is 17.6. The fraction of sp³-hybridized carbons (Fsp3) is 0. The maximum atomic E-state index is 13.4. The van der Waals surface area contributed by atoms with Gasteiger partial charge >= 0.3 is 0 Å². The third-order valence-electron chi connectivity index (χ3n) is 2.28. The largest absolute Gasteiger partial charge is 0.298 e. The van der Waals surface area contributed by atoms with E-state index in [0.717, 1.165) is 0 Å². The van der Waals surface area contributed by atoms with Gasteiger partial charge in [0, 0.05) is 5.56 Å². The molecule has 0 unspecified atom stereocenters. The van der Waals surface area contributed by atoms with Gasteiger partial charge in [0.15, 0.2) is 6.29 Å². The molecule has 0 aliphatic carbocycles. The van der Waals surface area contributed by atoms with E-state index in [4.69, 9.17) is 34.8 Å². The van der Waals surface area contributed by atoms with Crippen molar-refractivity contribution in [2.75, 3.05) is 0 Å². The highest BCUT2D eigenvalue weighted by Gasteiger charge is 2.10. The lowest BCUT2D eigenvalue weighted by Gasteiger charge is -2.05. The summed E-state index contributed by atoms with van der Waals surface area (Å²) in [5, 5.41) is 0.730. The molecule has 2 aromatic rings. The average Bonchev–Trinajstić information content (AvgIpc) is 2.35. The van der Waals surface area contributed by atoms with Gasteiger partial charge in [0.25, 0.3) is 0 Å². The lowest BCUT2D eigenvalue weighted by Crippen LogP contribution is -1.94. The van der Waals surface area contributed by atoms with Crippen LogP contribution in [0.5, 0.6) is 0 Å². The first kappa shape index (κ1) is 13.3. The standard InChI is InChI=1S/C12H5Cl3FNO/c13-8-3-7(4-9(14)11(8)15)10-2-1-6(5-18)12(16)17-10/h1-5H. The number of rotatable bonds is 2. The summed E-state index contributed by atoms with van der Waals surface area (Å²) in [5.74, 6) is -0.843. The van der Waals surface area contributed by atoms with E-state index in [1.807, 2.05) is 0 Å². The Labute approximate surface area is 117 Å². The van der Waals surface area contributed by atoms with Crippen molar-refractivity contribution in [3.8, 4) is 11.3 Å². The summed E-state index contributed by atoms with van der Waals surface area (Å²) in [4.78, 5) is 14.2. The number of carbonyl (C=O) groups excluding carboxylic acids is 1. The maximum Gasteiger partial charge on any atom is 0.224 e. The molecule has 0 amide bonds. The highest BCUT2D eigenvalue weighted by atomic mass is 35.5. The van der Waals surface area contributed by atoms with Crippen LogP contribution >= 0.6 is 34.8 Å². The zero-order valence-corrected chi connectivity index (χ0v) is 11.0. The molecule has 1 aromatic heterocycles. The van der Waals surface area contributed by atoms with Crippen molar-refractivity contribution in [1.29, 1.82) is 0 Å². The topological polar surface area (TPSA) is 30.0 Å². The first-order valence-electron chi connectivity index (χ1n) is 4.79. The zero-order chi connectivity index (χ0) is 13.3. The molecule has 0 aliphatic rings. The number of hydrogen-bond donors (Lipinski definition) is 0. The number of carbonyl (C=O) groups is 1. The van der Waals surface area contributed by atoms with Crippen molar-refractivity contribution in [3.63, 3.8) is 0 Å². The number of hydrogen-bond acceptors (Lipinski definition) is 2. The Balaban J connectivity index is 2.55. The van der Waals surface area contributed by atoms with Crippen LogP contribution in [0.15, 0.2) is 24.3 Å². The molecular formula is C12H5Cl3FNO. The van der Waals surface area contributed by atoms with Gasteiger partial charge in [-0.1, -0.05) is 34.8 Å². The summed E-state index contributed by atoms with van der Waals surface area (Å²) in [6.07, 6.45) is 0.397. The molecule has 0 N–H and O–H groups in total. The van der Waals surface area contributed by atoms with E-state index in [-0.39, 0.29) is 20.6 Å². The van der Waals surface area contributed by atoms with Gasteiger partial charge in [-0.15, -0.1) is 0 Å². The van der Waals surface area contributed by atoms with Crippen LogP contribution in [0.4, 0.5) is 4.39 Å². The summed E-state index contributed by atoms with van der Waals surface area (Å²) in [6.45, 7) is 0. The minimum Gasteiger partial charge on any atom is -0.298 e. The molecule has 0 fully saturated rings. The first-order valence-corrected chi connectivity index (χ1v) is 5.93. The molecular weight excluding hydrogens is 299 g/mol. The second-order valence-electron chi connectivity index (χ2n) is 3.45. The Morgan fingerprint density at radius 2 is 1.72 bits per heavy atom. The number of nitrogens with zero attached hydrogens (tertiary/aromatic N) is 1. The van der Waals surface area contributed by atoms with Crippen molar-refractivity contribution < 1.29 is 9.18 Å². The number of benzene rings is 1. The van der Waals surface area contributed by atoms with E-state index in [1.54, 1.807) is 0 Å². The molecule has 0 aliphatic heterocycles. The van der Waals surface area contributed by atoms with Gasteiger partial charge in [-0.3, -0.25) is 4.79 Å². The van der Waals surface area contributed by atoms with Crippen LogP contribution in [0.25, 0.3) is 11.3 Å². The SMILES string of the molecule is O=Cc1ccc(-c2cc(Cl)c(Cl)c(Cl)c2)nc1F. The predicted octanol–water partition coefficient (Wildman–Crippen LogP) is 4.66. The lowest BCUT2D eigenvalue weighted by atomic mass is 10.1. The predicted molar refractivity (Wildman–Crippen MR) is 70.0 cm³/mol. The van der Waals surface area contributed by atoms with E-state index in [9.17, 15) is 9.18 Å². The van der Waals surface area contributed by atoms with Crippen LogP contribution in [-0.4, -0.2) is 11.3 Å². The summed E-state index contributed by atoms with van der Waals surface area (Å²) in [7, 11) is 0. The van der Waals surface area contributed by atoms with Gasteiger partial charge in [-0.2, -0.15) is 4.39 Å². The molecule has 0 saturated carbocycles. The third-order valence-corrected chi connectivity index (χ3v) is 3.48. The van der Waals surface area contributed by atoms with Gasteiger partial charge in [-0.25, -0.2) is 4.98 Å². The van der Waals surface area contributed by atoms with E-state index in [0.29, 0.717) is 17.5 Å². The smallest absolute Gasteiger partial charge is 0.224 e. The second-order valence-corrected chi connectivity index (χ2v) is 4.64. The summed E-state index contributed by atoms with van der Waals surface area (Å²) < 4.78 is 13.4. The Morgan fingerprint density at radius 3 is 2.22 bits per heavy atom. The average molecular weight is 305 g/mol. The molecule has 2 nitrogen and oxygen atoms in total. The molecule has 0 saturated heterocycles. The van der Waals surface area contributed by atoms with E-state index in [2.05, 4.69) is 4.98 Å². The molecule has 1 heterocycles. The van der Waals surface area contributed by atoms with Crippen LogP contribution in [0.1, 0.15) is 10.4 Å². The Bertz CT molecular complexity index is 608. The first-order chi connectivity index (χ1) is 8.52. The van der Waals surface area contributed by atoms with Crippen LogP contribution < -0.4 is 0 Å². The fourth-order valence-electron chi connectivity index (χ4n) is 1.40. The van der Waals surface area contributed by atoms with Gasteiger partial charge in [0.05, 0.1) is 26.3 Å². The molecule has 0 radical (unpaired) electrons. The maximum absolute atomic E-state index is 13.4. The van der Waals surface area contributed by atoms with Gasteiger partial charge in [0.2, 0.25) is 5.95 Å². The van der Waals surface area contributed by atoms with Gasteiger partial charge in [-0.05, 0) is 24.3 Å². The minimum atomic E-state index is -0.843. The molecule has 2 rings (SSSR count). The molecule has 1 aromatic carbocycles. The minimum absolute atomic E-state index is 0.107. The molecule has 0 bridgehead atoms. The monoisotopic (exact) mass is 303 g/mol. The molecule has 0 atom stereocenters. The van der Waals surface area contributed by atoms with E-state index < -0.39 is 5.95 Å². The fourth-order valence-corrected chi connectivity index (χ4v) is 1.99. The third kappa shape index (κ3) is 2.48. The quantitative estimate of drug-likeness (QED) is 0.459. The van der Waals surface area contributed by atoms with Crippen molar-refractivity contribution in [3.05, 3.63) is 50.8 Å². The number of aldehydes is 1. The molecule has 92 valence electrons. The number of halogens is 4. The number of pyridine rings is 1. The van der Waals surface area contributed by atoms with Crippen LogP contribution in [-0.2, 0) is 0 Å². The Morgan fingerprint density at radius 1 is 1.11 bits per heavy atom. The summed E-state index contributed by atoms with van der Waals surface area (Å²) in [5.41, 5.74) is 0.731. The van der Waals surface area contributed by atoms with Gasteiger partial charge in [0.1, 0.15) is 0 Å². The number of aromatic nitrogens is 1. The highest BCUT2D eigenvalue weighted by molar-refractivity contribution is 6.48. The van der Waals surface area contributed by atoms with Crippen molar-refractivity contribution in [1.82, 2.24) is 4.98 Å². The van der Waals surface area contributed by atoms with Gasteiger partial charge < -0.3 is 0 Å². The van der Waals surface area contributed by atoms with Crippen LogP contribution in [0, 0.1) is 5.95 Å². The zero-order valence-electron chi connectivity index (χ0n) is 8.75. The highest BCUT2D eigenvalue weighted by Crippen LogP contribution is 2.34. The van der Waals surface area contributed by atoms with Crippen molar-refractivity contribution in [2.45, 2.75) is 0 Å². The summed E-state index contributed by atoms with van der Waals surface area (Å²) in [6, 6.07) is 5.89. The Kier molecular flexibility index (Phi) is 3.85. The molecule has 6 heteroatoms. The molecule has 0 spiro atoms. The lowest BCUT2D eigenvalue weighted by molar-refractivity contribution is 0.111. The normalized spacial score (nSPS) is 10.4. The van der Waals surface area contributed by atoms with Crippen LogP contribution in [0.2, 0.25) is 15.1 Å². The van der Waals surface area contributed by atoms with E-state index >= 15 is 0 Å².